The first kappa shape index (κ1) is 20.4. The Morgan fingerprint density at radius 2 is 1.85 bits per heavy atom. The summed E-state index contributed by atoms with van der Waals surface area (Å²) >= 11 is 3.20. The molecule has 0 unspecified atom stereocenters. The normalized spacial score (nSPS) is 11.2. The van der Waals surface area contributed by atoms with Gasteiger partial charge in [0.05, 0.1) is 17.1 Å². The highest BCUT2D eigenvalue weighted by molar-refractivity contribution is 9.10. The van der Waals surface area contributed by atoms with Gasteiger partial charge in [-0.1, -0.05) is 17.7 Å². The molecule has 8 heteroatoms. The minimum Gasteiger partial charge on any atom is -0.492 e. The Hall–Kier alpha value is -1.90. The number of esters is 1. The fraction of sp³-hybridized carbons (Fsp3) is 0.278. The molecule has 2 rings (SSSR count). The first-order valence-corrected chi connectivity index (χ1v) is 10.3. The first-order chi connectivity index (χ1) is 12.3. The summed E-state index contributed by atoms with van der Waals surface area (Å²) in [6, 6.07) is 11.7. The van der Waals surface area contributed by atoms with Gasteiger partial charge in [-0.15, -0.1) is 0 Å². The Bertz CT molecular complexity index is 866. The van der Waals surface area contributed by atoms with E-state index in [0.717, 1.165) is 5.56 Å². The van der Waals surface area contributed by atoms with Gasteiger partial charge in [-0.2, -0.15) is 0 Å². The predicted octanol–water partition coefficient (Wildman–Crippen LogP) is 3.29. The van der Waals surface area contributed by atoms with Crippen LogP contribution in [0.25, 0.3) is 0 Å². The summed E-state index contributed by atoms with van der Waals surface area (Å²) in [6.07, 6.45) is 0. The van der Waals surface area contributed by atoms with Crippen molar-refractivity contribution in [3.63, 3.8) is 0 Å². The van der Waals surface area contributed by atoms with Gasteiger partial charge in [-0.3, -0.25) is 0 Å². The molecule has 0 amide bonds. The number of aryl methyl sites for hydroxylation is 1. The van der Waals surface area contributed by atoms with Crippen molar-refractivity contribution in [2.24, 2.45) is 0 Å². The number of hydrogen-bond donors (Lipinski definition) is 1. The van der Waals surface area contributed by atoms with E-state index in [1.807, 2.05) is 31.2 Å². The summed E-state index contributed by atoms with van der Waals surface area (Å²) in [5.74, 6) is 0.173. The quantitative estimate of drug-likeness (QED) is 0.501. The molecule has 0 aliphatic rings. The number of rotatable bonds is 8. The topological polar surface area (TPSA) is 81.7 Å². The highest BCUT2D eigenvalue weighted by Crippen LogP contribution is 2.23. The second-order valence-electron chi connectivity index (χ2n) is 5.42. The molecule has 0 bridgehead atoms. The Balaban J connectivity index is 1.96. The lowest BCUT2D eigenvalue weighted by molar-refractivity contribution is 0.0526. The molecule has 0 radical (unpaired) electrons. The van der Waals surface area contributed by atoms with Crippen molar-refractivity contribution in [3.8, 4) is 5.75 Å². The van der Waals surface area contributed by atoms with Crippen LogP contribution >= 0.6 is 15.9 Å². The molecule has 0 fully saturated rings. The van der Waals surface area contributed by atoms with Crippen LogP contribution in [0.4, 0.5) is 0 Å². The van der Waals surface area contributed by atoms with E-state index in [-0.39, 0.29) is 34.7 Å². The lowest BCUT2D eigenvalue weighted by Gasteiger charge is -2.11. The van der Waals surface area contributed by atoms with E-state index in [4.69, 9.17) is 9.47 Å². The zero-order valence-electron chi connectivity index (χ0n) is 14.5. The van der Waals surface area contributed by atoms with Crippen LogP contribution in [0.1, 0.15) is 22.8 Å². The molecule has 0 aromatic heterocycles. The Morgan fingerprint density at radius 3 is 2.46 bits per heavy atom. The van der Waals surface area contributed by atoms with E-state index in [9.17, 15) is 13.2 Å². The van der Waals surface area contributed by atoms with Crippen LogP contribution in [-0.2, 0) is 14.8 Å². The standard InChI is InChI=1S/C18H20BrNO5S/c1-3-24-18(21)14-6-9-17(16(19)12-14)26(22,23)20-10-11-25-15-7-4-13(2)5-8-15/h4-9,12,20H,3,10-11H2,1-2H3. The summed E-state index contributed by atoms with van der Waals surface area (Å²) < 4.78 is 38.0. The van der Waals surface area contributed by atoms with Crippen LogP contribution in [-0.4, -0.2) is 34.1 Å². The maximum Gasteiger partial charge on any atom is 0.338 e. The molecule has 0 saturated carbocycles. The Morgan fingerprint density at radius 1 is 1.15 bits per heavy atom. The van der Waals surface area contributed by atoms with E-state index in [1.165, 1.54) is 18.2 Å². The lowest BCUT2D eigenvalue weighted by Crippen LogP contribution is -2.28. The number of benzene rings is 2. The molecular formula is C18H20BrNO5S. The van der Waals surface area contributed by atoms with Gasteiger partial charge in [-0.05, 0) is 60.1 Å². The average Bonchev–Trinajstić information content (AvgIpc) is 2.60. The number of carbonyl (C=O) groups excluding carboxylic acids is 1. The van der Waals surface area contributed by atoms with Crippen molar-refractivity contribution in [3.05, 3.63) is 58.1 Å². The SMILES string of the molecule is CCOC(=O)c1ccc(S(=O)(=O)NCCOc2ccc(C)cc2)c(Br)c1. The Kier molecular flexibility index (Phi) is 7.19. The van der Waals surface area contributed by atoms with Crippen molar-refractivity contribution in [1.82, 2.24) is 4.72 Å². The number of carbonyl (C=O) groups is 1. The summed E-state index contributed by atoms with van der Waals surface area (Å²) in [6.45, 7) is 4.24. The van der Waals surface area contributed by atoms with Gasteiger partial charge in [0.2, 0.25) is 10.0 Å². The third kappa shape index (κ3) is 5.55. The van der Waals surface area contributed by atoms with Crippen molar-refractivity contribution in [1.29, 1.82) is 0 Å². The number of nitrogens with one attached hydrogen (secondary N) is 1. The molecule has 6 nitrogen and oxygen atoms in total. The smallest absolute Gasteiger partial charge is 0.338 e. The zero-order chi connectivity index (χ0) is 19.2. The summed E-state index contributed by atoms with van der Waals surface area (Å²) in [7, 11) is -3.74. The minimum absolute atomic E-state index is 0.0425. The molecule has 0 aliphatic carbocycles. The molecule has 2 aromatic carbocycles. The molecule has 26 heavy (non-hydrogen) atoms. The van der Waals surface area contributed by atoms with Crippen LogP contribution in [0.5, 0.6) is 5.75 Å². The number of halogens is 1. The number of ether oxygens (including phenoxy) is 2. The van der Waals surface area contributed by atoms with Crippen LogP contribution < -0.4 is 9.46 Å². The summed E-state index contributed by atoms with van der Waals surface area (Å²) in [4.78, 5) is 11.7. The van der Waals surface area contributed by atoms with Crippen molar-refractivity contribution in [2.75, 3.05) is 19.8 Å². The molecule has 140 valence electrons. The van der Waals surface area contributed by atoms with E-state index >= 15 is 0 Å². The van der Waals surface area contributed by atoms with Gasteiger partial charge < -0.3 is 9.47 Å². The number of sulfonamides is 1. The van der Waals surface area contributed by atoms with Crippen molar-refractivity contribution in [2.45, 2.75) is 18.7 Å². The first-order valence-electron chi connectivity index (χ1n) is 7.99. The van der Waals surface area contributed by atoms with Gasteiger partial charge >= 0.3 is 5.97 Å². The van der Waals surface area contributed by atoms with Crippen LogP contribution in [0.3, 0.4) is 0 Å². The molecule has 1 N–H and O–H groups in total. The third-order valence-corrected chi connectivity index (χ3v) is 5.85. The van der Waals surface area contributed by atoms with E-state index in [0.29, 0.717) is 5.75 Å². The van der Waals surface area contributed by atoms with Gasteiger partial charge in [0.25, 0.3) is 0 Å². The Labute approximate surface area is 161 Å². The molecule has 0 heterocycles. The molecular weight excluding hydrogens is 422 g/mol. The summed E-state index contributed by atoms with van der Waals surface area (Å²) in [5.41, 5.74) is 1.40. The minimum atomic E-state index is -3.74. The highest BCUT2D eigenvalue weighted by atomic mass is 79.9. The molecule has 2 aromatic rings. The molecule has 0 saturated heterocycles. The monoisotopic (exact) mass is 441 g/mol. The van der Waals surface area contributed by atoms with Gasteiger partial charge in [0, 0.05) is 11.0 Å². The largest absolute Gasteiger partial charge is 0.492 e. The van der Waals surface area contributed by atoms with Gasteiger partial charge in [0.15, 0.2) is 0 Å². The second-order valence-corrected chi connectivity index (χ2v) is 8.01. The van der Waals surface area contributed by atoms with Crippen LogP contribution in [0.15, 0.2) is 51.8 Å². The van der Waals surface area contributed by atoms with Gasteiger partial charge in [0.1, 0.15) is 12.4 Å². The molecule has 0 aliphatic heterocycles. The predicted molar refractivity (Wildman–Crippen MR) is 102 cm³/mol. The average molecular weight is 442 g/mol. The summed E-state index contributed by atoms with van der Waals surface area (Å²) in [5, 5.41) is 0. The van der Waals surface area contributed by atoms with E-state index < -0.39 is 16.0 Å². The van der Waals surface area contributed by atoms with Crippen molar-refractivity contribution >= 4 is 31.9 Å². The maximum absolute atomic E-state index is 12.4. The van der Waals surface area contributed by atoms with Crippen LogP contribution in [0.2, 0.25) is 0 Å². The fourth-order valence-corrected chi connectivity index (χ4v) is 4.21. The van der Waals surface area contributed by atoms with Crippen molar-refractivity contribution < 1.29 is 22.7 Å². The highest BCUT2D eigenvalue weighted by Gasteiger charge is 2.19. The fourth-order valence-electron chi connectivity index (χ4n) is 2.12. The molecule has 0 spiro atoms. The van der Waals surface area contributed by atoms with Gasteiger partial charge in [-0.25, -0.2) is 17.9 Å². The zero-order valence-corrected chi connectivity index (χ0v) is 16.9. The second kappa shape index (κ2) is 9.16. The van der Waals surface area contributed by atoms with Crippen LogP contribution in [0, 0.1) is 6.92 Å². The lowest BCUT2D eigenvalue weighted by atomic mass is 10.2. The van der Waals surface area contributed by atoms with E-state index in [2.05, 4.69) is 20.7 Å². The van der Waals surface area contributed by atoms with E-state index in [1.54, 1.807) is 6.92 Å². The third-order valence-electron chi connectivity index (χ3n) is 3.42. The maximum atomic E-state index is 12.4. The molecule has 0 atom stereocenters. The number of hydrogen-bond acceptors (Lipinski definition) is 5.